The average molecular weight is 1090 g/mol. The quantitative estimate of drug-likeness (QED) is 0.0553. The largest absolute Gasteiger partial charge is 0.458 e. The Labute approximate surface area is 445 Å². The minimum absolute atomic E-state index is 0.0123. The van der Waals surface area contributed by atoms with Crippen LogP contribution in [0.3, 0.4) is 0 Å². The van der Waals surface area contributed by atoms with E-state index in [0.29, 0.717) is 31.3 Å². The van der Waals surface area contributed by atoms with Gasteiger partial charge in [-0.15, -0.1) is 0 Å². The van der Waals surface area contributed by atoms with E-state index in [9.17, 15) is 65.8 Å². The number of carbonyl (C=O) groups is 2. The van der Waals surface area contributed by atoms with Crippen molar-refractivity contribution < 1.29 is 104 Å². The van der Waals surface area contributed by atoms with Crippen molar-refractivity contribution in [3.8, 4) is 0 Å². The molecule has 76 heavy (non-hydrogen) atoms. The topological polar surface area (TPSA) is 331 Å². The number of carbonyl (C=O) groups excluding carboxylic acids is 2. The maximum absolute atomic E-state index is 13.4. The highest BCUT2D eigenvalue weighted by Gasteiger charge is 2.74. The van der Waals surface area contributed by atoms with Gasteiger partial charge >= 0.3 is 11.9 Å². The van der Waals surface area contributed by atoms with Crippen LogP contribution in [0.4, 0.5) is 0 Å². The van der Waals surface area contributed by atoms with Crippen molar-refractivity contribution in [1.82, 2.24) is 0 Å². The SMILES string of the molecule is CC=C(C)C(=O)OC1C(OC(C)=O)C2(CO)C(O)CC3(C)C(=CCC4C5(C)CCC(OC6OC(CO)C(O)C(OC7OC(C)C(O)C(O)C7O)C6OC6OC(CO)C(O)C(O)C6O)C(C)(C)C5CCC43C)C2CC1(C)C. The summed E-state index contributed by atoms with van der Waals surface area (Å²) < 4.78 is 49.7. The van der Waals surface area contributed by atoms with Gasteiger partial charge < -0.3 is 94.1 Å². The zero-order chi connectivity index (χ0) is 56.2. The normalized spacial score (nSPS) is 51.0. The van der Waals surface area contributed by atoms with Crippen LogP contribution < -0.4 is 0 Å². The number of ether oxygens (including phenoxy) is 8. The molecule has 5 aliphatic carbocycles. The van der Waals surface area contributed by atoms with Crippen LogP contribution in [0.15, 0.2) is 23.3 Å². The van der Waals surface area contributed by atoms with Gasteiger partial charge in [-0.3, -0.25) is 4.79 Å². The van der Waals surface area contributed by atoms with Gasteiger partial charge in [-0.05, 0) is 105 Å². The first-order valence-corrected chi connectivity index (χ1v) is 27.4. The Morgan fingerprint density at radius 2 is 1.26 bits per heavy atom. The van der Waals surface area contributed by atoms with E-state index in [1.54, 1.807) is 19.9 Å². The molecule has 0 aromatic carbocycles. The van der Waals surface area contributed by atoms with Crippen molar-refractivity contribution in [3.63, 3.8) is 0 Å². The van der Waals surface area contributed by atoms with Crippen LogP contribution in [0.25, 0.3) is 0 Å². The molecule has 0 amide bonds. The van der Waals surface area contributed by atoms with Crippen molar-refractivity contribution in [1.29, 1.82) is 0 Å². The van der Waals surface area contributed by atoms with Crippen LogP contribution in [0.1, 0.15) is 121 Å². The van der Waals surface area contributed by atoms with Crippen LogP contribution in [0, 0.1) is 50.2 Å². The van der Waals surface area contributed by atoms with Gasteiger partial charge in [-0.1, -0.05) is 66.2 Å². The number of rotatable bonds is 12. The molecule has 0 bridgehead atoms. The van der Waals surface area contributed by atoms with Crippen LogP contribution in [-0.4, -0.2) is 204 Å². The minimum Gasteiger partial charge on any atom is -0.458 e. The molecule has 0 radical (unpaired) electrons. The maximum Gasteiger partial charge on any atom is 0.333 e. The van der Waals surface area contributed by atoms with E-state index in [-0.39, 0.29) is 29.1 Å². The molecule has 0 aromatic rings. The lowest BCUT2D eigenvalue weighted by atomic mass is 9.33. The van der Waals surface area contributed by atoms with Gasteiger partial charge in [0.05, 0.1) is 43.5 Å². The molecule has 26 unspecified atom stereocenters. The molecule has 26 atom stereocenters. The second-order valence-electron chi connectivity index (χ2n) is 25.6. The second kappa shape index (κ2) is 21.6. The molecule has 0 aromatic heterocycles. The molecule has 3 heterocycles. The number of aliphatic hydroxyl groups is 11. The Hall–Kier alpha value is -2.26. The second-order valence-corrected chi connectivity index (χ2v) is 25.6. The molecule has 3 aliphatic heterocycles. The van der Waals surface area contributed by atoms with E-state index >= 15 is 0 Å². The highest BCUT2D eigenvalue weighted by molar-refractivity contribution is 5.87. The fourth-order valence-electron chi connectivity index (χ4n) is 16.2. The highest BCUT2D eigenvalue weighted by atomic mass is 16.8. The third kappa shape index (κ3) is 9.47. The summed E-state index contributed by atoms with van der Waals surface area (Å²) in [6, 6.07) is 0. The first kappa shape index (κ1) is 59.9. The molecule has 3 saturated heterocycles. The van der Waals surface area contributed by atoms with Gasteiger partial charge in [0.1, 0.15) is 79.4 Å². The van der Waals surface area contributed by atoms with Crippen molar-refractivity contribution in [2.24, 2.45) is 50.2 Å². The van der Waals surface area contributed by atoms with Gasteiger partial charge in [0, 0.05) is 17.9 Å². The van der Waals surface area contributed by atoms with E-state index in [1.807, 2.05) is 13.8 Å². The van der Waals surface area contributed by atoms with E-state index in [1.165, 1.54) is 13.8 Å². The number of esters is 2. The van der Waals surface area contributed by atoms with E-state index < -0.39 is 176 Å². The Balaban J connectivity index is 1.11. The molecule has 11 N–H and O–H groups in total. The fraction of sp³-hybridized carbons (Fsp3) is 0.891. The molecule has 8 rings (SSSR count). The lowest BCUT2D eigenvalue weighted by Gasteiger charge is -2.72. The van der Waals surface area contributed by atoms with Crippen molar-refractivity contribution in [2.75, 3.05) is 19.8 Å². The van der Waals surface area contributed by atoms with Crippen LogP contribution in [0.5, 0.6) is 0 Å². The Bertz CT molecular complexity index is 2170. The number of hydrogen-bond acceptors (Lipinski definition) is 21. The summed E-state index contributed by atoms with van der Waals surface area (Å²) in [6.45, 7) is 19.1. The zero-order valence-corrected chi connectivity index (χ0v) is 45.9. The lowest BCUT2D eigenvalue weighted by molar-refractivity contribution is -0.398. The first-order valence-electron chi connectivity index (χ1n) is 27.4. The Kier molecular flexibility index (Phi) is 17.0. The van der Waals surface area contributed by atoms with E-state index in [2.05, 4.69) is 40.7 Å². The predicted molar refractivity (Wildman–Crippen MR) is 266 cm³/mol. The summed E-state index contributed by atoms with van der Waals surface area (Å²) in [6.07, 6.45) is -20.3. The molecule has 7 fully saturated rings. The molecular weight excluding hydrogens is 997 g/mol. The van der Waals surface area contributed by atoms with Crippen LogP contribution in [-0.2, 0) is 47.5 Å². The summed E-state index contributed by atoms with van der Waals surface area (Å²) >= 11 is 0. The smallest absolute Gasteiger partial charge is 0.333 e. The third-order valence-corrected chi connectivity index (χ3v) is 20.9. The van der Waals surface area contributed by atoms with E-state index in [0.717, 1.165) is 18.4 Å². The fourth-order valence-corrected chi connectivity index (χ4v) is 16.2. The van der Waals surface area contributed by atoms with Gasteiger partial charge in [0.25, 0.3) is 0 Å². The minimum atomic E-state index is -1.91. The molecule has 21 heteroatoms. The summed E-state index contributed by atoms with van der Waals surface area (Å²) in [5, 5.41) is 122. The number of hydrogen-bond donors (Lipinski definition) is 11. The van der Waals surface area contributed by atoms with Crippen molar-refractivity contribution in [2.45, 2.75) is 238 Å². The molecule has 8 aliphatic rings. The Morgan fingerprint density at radius 1 is 0.671 bits per heavy atom. The molecular formula is C55H88O21. The number of allylic oxidation sites excluding steroid dienone is 3. The van der Waals surface area contributed by atoms with Gasteiger partial charge in [-0.25, -0.2) is 4.79 Å². The molecule has 4 saturated carbocycles. The highest BCUT2D eigenvalue weighted by Crippen LogP contribution is 2.76. The van der Waals surface area contributed by atoms with Crippen molar-refractivity contribution >= 4 is 11.9 Å². The maximum atomic E-state index is 13.4. The summed E-state index contributed by atoms with van der Waals surface area (Å²) in [5.41, 5.74) is -2.58. The number of aliphatic hydroxyl groups excluding tert-OH is 11. The Morgan fingerprint density at radius 3 is 1.87 bits per heavy atom. The monoisotopic (exact) mass is 1080 g/mol. The van der Waals surface area contributed by atoms with E-state index in [4.69, 9.17) is 37.9 Å². The average Bonchev–Trinajstić information content (AvgIpc) is 3.45. The summed E-state index contributed by atoms with van der Waals surface area (Å²) in [5.74, 6) is -1.53. The number of fused-ring (bicyclic) bond motifs is 7. The third-order valence-electron chi connectivity index (χ3n) is 20.9. The standard InChI is InChI=1S/C55H88O21/c1-12-24(2)46(68)76-44-45(70-26(4)59)55(23-58)28(19-50(44,5)6)27-13-14-32-52(9)17-16-34(51(7,8)31(52)15-18-53(32,10)54(27,11)20-33(55)60)73-49-43(75-48-41(67)39(65)36(62)29(21-56)71-48)42(37(63)30(22-57)72-49)74-47-40(66)38(64)35(61)25(3)69-47/h12-13,25,28-45,47-49,56-58,60-67H,14-23H2,1-11H3. The first-order chi connectivity index (χ1) is 35.4. The van der Waals surface area contributed by atoms with Gasteiger partial charge in [-0.2, -0.15) is 0 Å². The zero-order valence-electron chi connectivity index (χ0n) is 45.9. The molecule has 21 nitrogen and oxygen atoms in total. The summed E-state index contributed by atoms with van der Waals surface area (Å²) in [7, 11) is 0. The lowest BCUT2D eigenvalue weighted by Crippen LogP contribution is -2.72. The van der Waals surface area contributed by atoms with Crippen LogP contribution >= 0.6 is 0 Å². The van der Waals surface area contributed by atoms with Crippen LogP contribution in [0.2, 0.25) is 0 Å². The van der Waals surface area contributed by atoms with Crippen molar-refractivity contribution in [3.05, 3.63) is 23.3 Å². The molecule has 434 valence electrons. The predicted octanol–water partition coefficient (Wildman–Crippen LogP) is 0.642. The van der Waals surface area contributed by atoms with Gasteiger partial charge in [0.15, 0.2) is 18.9 Å². The van der Waals surface area contributed by atoms with Gasteiger partial charge in [0.2, 0.25) is 0 Å². The molecule has 0 spiro atoms. The summed E-state index contributed by atoms with van der Waals surface area (Å²) in [4.78, 5) is 26.4.